The summed E-state index contributed by atoms with van der Waals surface area (Å²) in [5.74, 6) is 0. The van der Waals surface area contributed by atoms with E-state index < -0.39 is 0 Å². The van der Waals surface area contributed by atoms with Crippen LogP contribution in [-0.4, -0.2) is 25.1 Å². The molecule has 0 unspecified atom stereocenters. The fraction of sp³-hybridized carbons (Fsp3) is 0.375. The Morgan fingerprint density at radius 2 is 1.76 bits per heavy atom. The Bertz CT molecular complexity index is 412. The number of likely N-dealkylation sites (N-methyl/N-ethyl adjacent to an activating group) is 1. The SMILES string of the molecule is C[N+](C)(CC1=CCCC=C1)Cc1ccccc1. The van der Waals surface area contributed by atoms with Crippen LogP contribution in [-0.2, 0) is 6.54 Å². The molecule has 0 aromatic heterocycles. The summed E-state index contributed by atoms with van der Waals surface area (Å²) in [6.45, 7) is 2.21. The molecule has 1 aromatic rings. The number of nitrogens with zero attached hydrogens (tertiary/aromatic N) is 1. The molecule has 0 atom stereocenters. The molecule has 0 aliphatic heterocycles. The lowest BCUT2D eigenvalue weighted by molar-refractivity contribution is -0.898. The van der Waals surface area contributed by atoms with E-state index >= 15 is 0 Å². The molecule has 0 radical (unpaired) electrons. The third-order valence-corrected chi connectivity index (χ3v) is 3.14. The highest BCUT2D eigenvalue weighted by atomic mass is 15.3. The van der Waals surface area contributed by atoms with Crippen molar-refractivity contribution < 1.29 is 4.48 Å². The highest BCUT2D eigenvalue weighted by molar-refractivity contribution is 5.22. The third-order valence-electron chi connectivity index (χ3n) is 3.14. The Labute approximate surface area is 105 Å². The van der Waals surface area contributed by atoms with Crippen molar-refractivity contribution in [2.45, 2.75) is 19.4 Å². The second-order valence-corrected chi connectivity index (χ2v) is 5.50. The van der Waals surface area contributed by atoms with Gasteiger partial charge in [0.1, 0.15) is 13.1 Å². The van der Waals surface area contributed by atoms with Crippen LogP contribution in [0.25, 0.3) is 0 Å². The van der Waals surface area contributed by atoms with E-state index in [0.717, 1.165) is 17.6 Å². The van der Waals surface area contributed by atoms with Gasteiger partial charge in [0.15, 0.2) is 0 Å². The molecule has 0 bridgehead atoms. The molecule has 0 heterocycles. The lowest BCUT2D eigenvalue weighted by atomic mass is 10.1. The average molecular weight is 228 g/mol. The smallest absolute Gasteiger partial charge is 0.104 e. The van der Waals surface area contributed by atoms with Crippen molar-refractivity contribution in [1.29, 1.82) is 0 Å². The van der Waals surface area contributed by atoms with Crippen molar-refractivity contribution >= 4 is 0 Å². The summed E-state index contributed by atoms with van der Waals surface area (Å²) in [5, 5.41) is 0. The number of benzene rings is 1. The van der Waals surface area contributed by atoms with Crippen molar-refractivity contribution in [3.8, 4) is 0 Å². The van der Waals surface area contributed by atoms with Gasteiger partial charge in [0.2, 0.25) is 0 Å². The molecular weight excluding hydrogens is 206 g/mol. The number of rotatable bonds is 4. The zero-order valence-electron chi connectivity index (χ0n) is 10.9. The Morgan fingerprint density at radius 1 is 1.00 bits per heavy atom. The summed E-state index contributed by atoms with van der Waals surface area (Å²) in [5.41, 5.74) is 2.90. The summed E-state index contributed by atoms with van der Waals surface area (Å²) < 4.78 is 1.01. The second kappa shape index (κ2) is 5.33. The monoisotopic (exact) mass is 228 g/mol. The van der Waals surface area contributed by atoms with Crippen molar-refractivity contribution in [2.24, 2.45) is 0 Å². The number of allylic oxidation sites excluding steroid dienone is 2. The van der Waals surface area contributed by atoms with E-state index in [4.69, 9.17) is 0 Å². The molecule has 1 nitrogen and oxygen atoms in total. The standard InChI is InChI=1S/C16H22N/c1-17(2,13-15-9-5-3-6-10-15)14-16-11-7-4-8-12-16/h3,5-7,9-12H,4,8,13-14H2,1-2H3/q+1. The van der Waals surface area contributed by atoms with Crippen LogP contribution in [0.2, 0.25) is 0 Å². The molecule has 90 valence electrons. The maximum atomic E-state index is 2.38. The van der Waals surface area contributed by atoms with Crippen LogP contribution < -0.4 is 0 Å². The predicted molar refractivity (Wildman–Crippen MR) is 73.6 cm³/mol. The van der Waals surface area contributed by atoms with Gasteiger partial charge in [-0.2, -0.15) is 0 Å². The first-order chi connectivity index (χ1) is 8.16. The van der Waals surface area contributed by atoms with Crippen LogP contribution in [0.4, 0.5) is 0 Å². The van der Waals surface area contributed by atoms with Crippen molar-refractivity contribution in [1.82, 2.24) is 0 Å². The summed E-state index contributed by atoms with van der Waals surface area (Å²) in [6, 6.07) is 10.7. The van der Waals surface area contributed by atoms with Gasteiger partial charge in [0.05, 0.1) is 14.1 Å². The van der Waals surface area contributed by atoms with E-state index in [9.17, 15) is 0 Å². The summed E-state index contributed by atoms with van der Waals surface area (Å²) in [7, 11) is 4.60. The highest BCUT2D eigenvalue weighted by Crippen LogP contribution is 2.16. The van der Waals surface area contributed by atoms with E-state index in [1.165, 1.54) is 24.0 Å². The molecule has 1 aliphatic carbocycles. The summed E-state index contributed by atoms with van der Waals surface area (Å²) >= 11 is 0. The predicted octanol–water partition coefficient (Wildman–Crippen LogP) is 3.54. The van der Waals surface area contributed by atoms with E-state index in [-0.39, 0.29) is 0 Å². The number of hydrogen-bond acceptors (Lipinski definition) is 0. The first-order valence-corrected chi connectivity index (χ1v) is 6.37. The van der Waals surface area contributed by atoms with Gasteiger partial charge in [-0.15, -0.1) is 0 Å². The van der Waals surface area contributed by atoms with Gasteiger partial charge in [-0.25, -0.2) is 0 Å². The maximum absolute atomic E-state index is 2.38. The van der Waals surface area contributed by atoms with E-state index in [1.54, 1.807) is 0 Å². The first kappa shape index (κ1) is 12.1. The van der Waals surface area contributed by atoms with Crippen LogP contribution in [0.5, 0.6) is 0 Å². The summed E-state index contributed by atoms with van der Waals surface area (Å²) in [4.78, 5) is 0. The molecule has 2 rings (SSSR count). The molecule has 1 heteroatoms. The minimum Gasteiger partial charge on any atom is -0.321 e. The zero-order chi connectivity index (χ0) is 12.1. The van der Waals surface area contributed by atoms with Crippen LogP contribution in [0.3, 0.4) is 0 Å². The Hall–Kier alpha value is -1.34. The zero-order valence-corrected chi connectivity index (χ0v) is 10.9. The van der Waals surface area contributed by atoms with Gasteiger partial charge in [0.25, 0.3) is 0 Å². The molecule has 17 heavy (non-hydrogen) atoms. The minimum absolute atomic E-state index is 1.01. The average Bonchev–Trinajstić information content (AvgIpc) is 2.30. The van der Waals surface area contributed by atoms with E-state index in [1.807, 2.05) is 0 Å². The molecule has 0 amide bonds. The highest BCUT2D eigenvalue weighted by Gasteiger charge is 2.17. The minimum atomic E-state index is 1.01. The van der Waals surface area contributed by atoms with Gasteiger partial charge in [-0.1, -0.05) is 48.6 Å². The quantitative estimate of drug-likeness (QED) is 0.691. The lowest BCUT2D eigenvalue weighted by Crippen LogP contribution is -2.40. The van der Waals surface area contributed by atoms with Gasteiger partial charge >= 0.3 is 0 Å². The van der Waals surface area contributed by atoms with Crippen molar-refractivity contribution in [3.05, 3.63) is 59.7 Å². The van der Waals surface area contributed by atoms with Crippen molar-refractivity contribution in [2.75, 3.05) is 20.6 Å². The van der Waals surface area contributed by atoms with Gasteiger partial charge in [-0.05, 0) is 12.8 Å². The van der Waals surface area contributed by atoms with Gasteiger partial charge in [-0.3, -0.25) is 0 Å². The van der Waals surface area contributed by atoms with E-state index in [2.05, 4.69) is 62.7 Å². The first-order valence-electron chi connectivity index (χ1n) is 6.37. The lowest BCUT2D eigenvalue weighted by Gasteiger charge is -2.30. The maximum Gasteiger partial charge on any atom is 0.104 e. The van der Waals surface area contributed by atoms with Crippen LogP contribution in [0.15, 0.2) is 54.1 Å². The molecule has 1 aliphatic rings. The molecule has 0 fully saturated rings. The van der Waals surface area contributed by atoms with Gasteiger partial charge in [0, 0.05) is 11.1 Å². The second-order valence-electron chi connectivity index (χ2n) is 5.50. The van der Waals surface area contributed by atoms with E-state index in [0.29, 0.717) is 0 Å². The Morgan fingerprint density at radius 3 is 2.41 bits per heavy atom. The molecule has 0 saturated heterocycles. The van der Waals surface area contributed by atoms with Crippen LogP contribution in [0, 0.1) is 0 Å². The molecule has 0 spiro atoms. The Kier molecular flexibility index (Phi) is 3.80. The van der Waals surface area contributed by atoms with Crippen molar-refractivity contribution in [3.63, 3.8) is 0 Å². The number of quaternary nitrogens is 1. The largest absolute Gasteiger partial charge is 0.321 e. The number of hydrogen-bond donors (Lipinski definition) is 0. The molecule has 0 N–H and O–H groups in total. The molecule has 1 aromatic carbocycles. The fourth-order valence-electron chi connectivity index (χ4n) is 2.41. The third kappa shape index (κ3) is 3.86. The van der Waals surface area contributed by atoms with Gasteiger partial charge < -0.3 is 4.48 Å². The molecule has 0 saturated carbocycles. The summed E-state index contributed by atoms with van der Waals surface area (Å²) in [6.07, 6.45) is 9.37. The van der Waals surface area contributed by atoms with Crippen LogP contribution >= 0.6 is 0 Å². The normalized spacial score (nSPS) is 15.8. The molecular formula is C16H22N+. The fourth-order valence-corrected chi connectivity index (χ4v) is 2.41. The Balaban J connectivity index is 1.99. The van der Waals surface area contributed by atoms with Crippen LogP contribution in [0.1, 0.15) is 18.4 Å². The topological polar surface area (TPSA) is 0 Å².